The highest BCUT2D eigenvalue weighted by Crippen LogP contribution is 2.21. The number of carbonyl (C=O) groups excluding carboxylic acids is 1. The molecule has 1 aromatic rings. The fraction of sp³-hybridized carbons (Fsp3) is 0.615. The van der Waals surface area contributed by atoms with Crippen molar-refractivity contribution >= 4 is 17.1 Å². The lowest BCUT2D eigenvalue weighted by molar-refractivity contribution is 0.0971. The fourth-order valence-electron chi connectivity index (χ4n) is 2.24. The molecular weight excluding hydrogens is 218 g/mol. The molecule has 0 saturated carbocycles. The molecule has 3 heteroatoms. The van der Waals surface area contributed by atoms with Crippen molar-refractivity contribution in [2.45, 2.75) is 32.6 Å². The summed E-state index contributed by atoms with van der Waals surface area (Å²) in [4.78, 5) is 13.1. The van der Waals surface area contributed by atoms with Crippen molar-refractivity contribution in [3.8, 4) is 0 Å². The molecule has 1 aromatic heterocycles. The van der Waals surface area contributed by atoms with Crippen molar-refractivity contribution in [2.24, 2.45) is 5.92 Å². The first-order valence-corrected chi connectivity index (χ1v) is 6.93. The largest absolute Gasteiger partial charge is 0.317 e. The van der Waals surface area contributed by atoms with Gasteiger partial charge >= 0.3 is 0 Å². The molecule has 16 heavy (non-hydrogen) atoms. The number of ketones is 1. The van der Waals surface area contributed by atoms with Gasteiger partial charge in [-0.25, -0.2) is 0 Å². The summed E-state index contributed by atoms with van der Waals surface area (Å²) in [5, 5.41) is 5.34. The number of nitrogens with one attached hydrogen (secondary N) is 1. The van der Waals surface area contributed by atoms with Gasteiger partial charge in [0.1, 0.15) is 0 Å². The molecule has 0 radical (unpaired) electrons. The summed E-state index contributed by atoms with van der Waals surface area (Å²) in [5.74, 6) is 1.08. The van der Waals surface area contributed by atoms with Crippen molar-refractivity contribution in [2.75, 3.05) is 13.1 Å². The predicted molar refractivity (Wildman–Crippen MR) is 68.2 cm³/mol. The highest BCUT2D eigenvalue weighted by Gasteiger charge is 2.15. The van der Waals surface area contributed by atoms with E-state index >= 15 is 0 Å². The number of piperidine rings is 1. The minimum Gasteiger partial charge on any atom is -0.317 e. The molecule has 0 aromatic carbocycles. The topological polar surface area (TPSA) is 29.1 Å². The number of hydrogen-bond donors (Lipinski definition) is 1. The van der Waals surface area contributed by atoms with E-state index in [1.807, 2.05) is 18.4 Å². The van der Waals surface area contributed by atoms with Crippen LogP contribution in [0.2, 0.25) is 0 Å². The van der Waals surface area contributed by atoms with Crippen LogP contribution in [0.5, 0.6) is 0 Å². The highest BCUT2D eigenvalue weighted by atomic mass is 32.1. The van der Waals surface area contributed by atoms with E-state index in [2.05, 4.69) is 5.32 Å². The quantitative estimate of drug-likeness (QED) is 0.816. The molecule has 0 spiro atoms. The molecule has 1 aliphatic rings. The van der Waals surface area contributed by atoms with Crippen molar-refractivity contribution < 1.29 is 4.79 Å². The minimum atomic E-state index is 0.322. The molecule has 1 N–H and O–H groups in total. The Bertz CT molecular complexity index is 353. The summed E-state index contributed by atoms with van der Waals surface area (Å²) in [6, 6.07) is 2.01. The van der Waals surface area contributed by atoms with Crippen LogP contribution in [0, 0.1) is 12.8 Å². The number of carbonyl (C=O) groups is 1. The van der Waals surface area contributed by atoms with Gasteiger partial charge < -0.3 is 5.32 Å². The third-order valence-corrected chi connectivity index (χ3v) is 4.15. The number of rotatable bonds is 4. The zero-order valence-electron chi connectivity index (χ0n) is 9.79. The van der Waals surface area contributed by atoms with E-state index in [-0.39, 0.29) is 0 Å². The van der Waals surface area contributed by atoms with Crippen LogP contribution in [0.4, 0.5) is 0 Å². The van der Waals surface area contributed by atoms with Crippen LogP contribution in [0.25, 0.3) is 0 Å². The maximum absolute atomic E-state index is 11.9. The van der Waals surface area contributed by atoms with E-state index in [0.29, 0.717) is 5.78 Å². The summed E-state index contributed by atoms with van der Waals surface area (Å²) in [6.45, 7) is 4.29. The Balaban J connectivity index is 1.79. The molecule has 0 aliphatic carbocycles. The van der Waals surface area contributed by atoms with Gasteiger partial charge in [-0.1, -0.05) is 0 Å². The molecule has 88 valence electrons. The molecule has 2 heterocycles. The lowest BCUT2D eigenvalue weighted by Crippen LogP contribution is -2.27. The lowest BCUT2D eigenvalue weighted by atomic mass is 9.91. The normalized spacial score (nSPS) is 17.6. The smallest absolute Gasteiger partial charge is 0.163 e. The molecule has 0 amide bonds. The minimum absolute atomic E-state index is 0.322. The van der Waals surface area contributed by atoms with E-state index in [9.17, 15) is 4.79 Å². The van der Waals surface area contributed by atoms with Gasteiger partial charge in [-0.05, 0) is 51.3 Å². The first-order valence-electron chi connectivity index (χ1n) is 6.05. The van der Waals surface area contributed by atoms with Crippen molar-refractivity contribution in [3.05, 3.63) is 21.9 Å². The fourth-order valence-corrected chi connectivity index (χ4v) is 2.95. The molecule has 0 atom stereocenters. The zero-order valence-corrected chi connectivity index (χ0v) is 10.6. The van der Waals surface area contributed by atoms with Crippen LogP contribution >= 0.6 is 11.3 Å². The standard InChI is InChI=1S/C13H19NOS/c1-10-8-12(9-16-10)13(15)3-2-11-4-6-14-7-5-11/h8-9,11,14H,2-7H2,1H3. The molecule has 2 nitrogen and oxygen atoms in total. The molecule has 1 fully saturated rings. The maximum Gasteiger partial charge on any atom is 0.163 e. The Morgan fingerprint density at radius 2 is 2.25 bits per heavy atom. The van der Waals surface area contributed by atoms with Crippen LogP contribution in [-0.2, 0) is 0 Å². The Morgan fingerprint density at radius 1 is 1.50 bits per heavy atom. The van der Waals surface area contributed by atoms with Gasteiger partial charge in [-0.3, -0.25) is 4.79 Å². The molecule has 1 aliphatic heterocycles. The van der Waals surface area contributed by atoms with Crippen LogP contribution in [0.3, 0.4) is 0 Å². The van der Waals surface area contributed by atoms with Gasteiger partial charge in [-0.15, -0.1) is 11.3 Å². The van der Waals surface area contributed by atoms with E-state index in [0.717, 1.165) is 37.4 Å². The number of thiophene rings is 1. The molecule has 1 saturated heterocycles. The maximum atomic E-state index is 11.9. The van der Waals surface area contributed by atoms with Gasteiger partial charge in [0.15, 0.2) is 5.78 Å². The predicted octanol–water partition coefficient (Wildman–Crippen LogP) is 3.02. The van der Waals surface area contributed by atoms with E-state index in [1.165, 1.54) is 17.7 Å². The second-order valence-electron chi connectivity index (χ2n) is 4.60. The zero-order chi connectivity index (χ0) is 11.4. The average Bonchev–Trinajstić information content (AvgIpc) is 2.74. The lowest BCUT2D eigenvalue weighted by Gasteiger charge is -2.21. The number of Topliss-reactive ketones (excluding diaryl/α,β-unsaturated/α-hetero) is 1. The Kier molecular flexibility index (Phi) is 4.13. The summed E-state index contributed by atoms with van der Waals surface area (Å²) >= 11 is 1.66. The summed E-state index contributed by atoms with van der Waals surface area (Å²) < 4.78 is 0. The van der Waals surface area contributed by atoms with Crippen molar-refractivity contribution in [1.29, 1.82) is 0 Å². The Hall–Kier alpha value is -0.670. The monoisotopic (exact) mass is 237 g/mol. The van der Waals surface area contributed by atoms with Gasteiger partial charge in [0.05, 0.1) is 0 Å². The van der Waals surface area contributed by atoms with E-state index in [4.69, 9.17) is 0 Å². The van der Waals surface area contributed by atoms with Gasteiger partial charge in [0.25, 0.3) is 0 Å². The Labute approximate surface area is 101 Å². The van der Waals surface area contributed by atoms with Gasteiger partial charge in [0, 0.05) is 22.2 Å². The molecule has 0 bridgehead atoms. The molecular formula is C13H19NOS. The summed E-state index contributed by atoms with van der Waals surface area (Å²) in [6.07, 6.45) is 4.25. The second kappa shape index (κ2) is 5.60. The summed E-state index contributed by atoms with van der Waals surface area (Å²) in [5.41, 5.74) is 0.913. The third kappa shape index (κ3) is 3.16. The van der Waals surface area contributed by atoms with E-state index in [1.54, 1.807) is 11.3 Å². The Morgan fingerprint density at radius 3 is 2.88 bits per heavy atom. The highest BCUT2D eigenvalue weighted by molar-refractivity contribution is 7.10. The van der Waals surface area contributed by atoms with Crippen molar-refractivity contribution in [3.63, 3.8) is 0 Å². The van der Waals surface area contributed by atoms with Crippen molar-refractivity contribution in [1.82, 2.24) is 5.32 Å². The first-order chi connectivity index (χ1) is 7.75. The second-order valence-corrected chi connectivity index (χ2v) is 5.72. The SMILES string of the molecule is Cc1cc(C(=O)CCC2CCNCC2)cs1. The summed E-state index contributed by atoms with van der Waals surface area (Å²) in [7, 11) is 0. The number of aryl methyl sites for hydroxylation is 1. The van der Waals surface area contributed by atoms with Gasteiger partial charge in [0.2, 0.25) is 0 Å². The van der Waals surface area contributed by atoms with Crippen LogP contribution in [0.1, 0.15) is 40.9 Å². The van der Waals surface area contributed by atoms with Crippen LogP contribution in [0.15, 0.2) is 11.4 Å². The average molecular weight is 237 g/mol. The molecule has 0 unspecified atom stereocenters. The van der Waals surface area contributed by atoms with E-state index < -0.39 is 0 Å². The third-order valence-electron chi connectivity index (χ3n) is 3.29. The first kappa shape index (κ1) is 11.8. The molecule has 2 rings (SSSR count). The van der Waals surface area contributed by atoms with Crippen LogP contribution < -0.4 is 5.32 Å². The van der Waals surface area contributed by atoms with Gasteiger partial charge in [-0.2, -0.15) is 0 Å². The van der Waals surface area contributed by atoms with Crippen LogP contribution in [-0.4, -0.2) is 18.9 Å². The number of hydrogen-bond acceptors (Lipinski definition) is 3.